The summed E-state index contributed by atoms with van der Waals surface area (Å²) < 4.78 is 10.8. The van der Waals surface area contributed by atoms with Crippen LogP contribution >= 0.6 is 0 Å². The van der Waals surface area contributed by atoms with Crippen LogP contribution in [-0.2, 0) is 13.0 Å². The molecule has 1 aromatic heterocycles. The fourth-order valence-electron chi connectivity index (χ4n) is 1.65. The topological polar surface area (TPSA) is 60.2 Å². The molecule has 0 saturated heterocycles. The molecule has 0 fully saturated rings. The van der Waals surface area contributed by atoms with E-state index in [4.69, 9.17) is 9.26 Å². The molecule has 0 spiro atoms. The summed E-state index contributed by atoms with van der Waals surface area (Å²) in [5.41, 5.74) is 0. The summed E-state index contributed by atoms with van der Waals surface area (Å²) in [4.78, 5) is 4.33. The molecular weight excluding hydrogens is 254 g/mol. The van der Waals surface area contributed by atoms with Gasteiger partial charge in [0.2, 0.25) is 5.89 Å². The lowest BCUT2D eigenvalue weighted by Crippen LogP contribution is -2.24. The SMILES string of the molecule is CCC(C)NCc1nc(CCOc2ccccc2)no1. The number of hydrogen-bond donors (Lipinski definition) is 1. The van der Waals surface area contributed by atoms with Gasteiger partial charge in [0, 0.05) is 12.5 Å². The normalized spacial score (nSPS) is 12.3. The third-order valence-corrected chi connectivity index (χ3v) is 3.06. The summed E-state index contributed by atoms with van der Waals surface area (Å²) in [6.07, 6.45) is 1.72. The highest BCUT2D eigenvalue weighted by molar-refractivity contribution is 5.20. The van der Waals surface area contributed by atoms with Gasteiger partial charge in [-0.25, -0.2) is 0 Å². The molecule has 2 aromatic rings. The minimum atomic E-state index is 0.451. The number of nitrogens with one attached hydrogen (secondary N) is 1. The molecule has 1 aromatic carbocycles. The van der Waals surface area contributed by atoms with E-state index in [1.54, 1.807) is 0 Å². The van der Waals surface area contributed by atoms with Gasteiger partial charge in [-0.05, 0) is 25.5 Å². The molecule has 0 aliphatic heterocycles. The van der Waals surface area contributed by atoms with Crippen molar-refractivity contribution < 1.29 is 9.26 Å². The predicted molar refractivity (Wildman–Crippen MR) is 76.5 cm³/mol. The van der Waals surface area contributed by atoms with Crippen molar-refractivity contribution in [1.82, 2.24) is 15.5 Å². The van der Waals surface area contributed by atoms with Crippen LogP contribution in [-0.4, -0.2) is 22.8 Å². The first-order valence-corrected chi connectivity index (χ1v) is 7.00. The molecule has 1 N–H and O–H groups in total. The van der Waals surface area contributed by atoms with Gasteiger partial charge < -0.3 is 14.6 Å². The monoisotopic (exact) mass is 275 g/mol. The number of rotatable bonds is 8. The van der Waals surface area contributed by atoms with E-state index in [9.17, 15) is 0 Å². The Labute approximate surface area is 119 Å². The zero-order valence-corrected chi connectivity index (χ0v) is 12.0. The fourth-order valence-corrected chi connectivity index (χ4v) is 1.65. The number of benzene rings is 1. The first-order chi connectivity index (χ1) is 9.78. The maximum atomic E-state index is 5.60. The van der Waals surface area contributed by atoms with Crippen LogP contribution in [0.4, 0.5) is 0 Å². The molecular formula is C15H21N3O2. The first kappa shape index (κ1) is 14.5. The molecule has 0 saturated carbocycles. The summed E-state index contributed by atoms with van der Waals surface area (Å²) in [6, 6.07) is 10.2. The van der Waals surface area contributed by atoms with Crippen molar-refractivity contribution in [2.45, 2.75) is 39.3 Å². The van der Waals surface area contributed by atoms with Crippen LogP contribution in [0.1, 0.15) is 32.0 Å². The van der Waals surface area contributed by atoms with Crippen molar-refractivity contribution in [3.8, 4) is 5.75 Å². The van der Waals surface area contributed by atoms with Gasteiger partial charge in [-0.2, -0.15) is 4.98 Å². The second-order valence-electron chi connectivity index (χ2n) is 4.71. The van der Waals surface area contributed by atoms with Gasteiger partial charge in [-0.1, -0.05) is 30.3 Å². The summed E-state index contributed by atoms with van der Waals surface area (Å²) in [5.74, 6) is 2.16. The minimum absolute atomic E-state index is 0.451. The molecule has 1 heterocycles. The van der Waals surface area contributed by atoms with Crippen molar-refractivity contribution in [1.29, 1.82) is 0 Å². The van der Waals surface area contributed by atoms with Crippen molar-refractivity contribution in [2.75, 3.05) is 6.61 Å². The quantitative estimate of drug-likeness (QED) is 0.802. The van der Waals surface area contributed by atoms with Crippen LogP contribution in [0.25, 0.3) is 0 Å². The molecule has 5 nitrogen and oxygen atoms in total. The number of para-hydroxylation sites is 1. The van der Waals surface area contributed by atoms with Crippen LogP contribution in [0.3, 0.4) is 0 Å². The maximum Gasteiger partial charge on any atom is 0.240 e. The van der Waals surface area contributed by atoms with E-state index in [-0.39, 0.29) is 0 Å². The fraction of sp³-hybridized carbons (Fsp3) is 0.467. The van der Waals surface area contributed by atoms with Crippen LogP contribution in [0.5, 0.6) is 5.75 Å². The van der Waals surface area contributed by atoms with E-state index in [1.807, 2.05) is 30.3 Å². The first-order valence-electron chi connectivity index (χ1n) is 7.00. The van der Waals surface area contributed by atoms with Crippen molar-refractivity contribution in [3.63, 3.8) is 0 Å². The number of ether oxygens (including phenoxy) is 1. The van der Waals surface area contributed by atoms with Gasteiger partial charge in [0.15, 0.2) is 5.82 Å². The molecule has 0 aliphatic rings. The molecule has 5 heteroatoms. The Bertz CT molecular complexity index is 499. The van der Waals surface area contributed by atoms with Gasteiger partial charge in [0.25, 0.3) is 0 Å². The zero-order chi connectivity index (χ0) is 14.2. The summed E-state index contributed by atoms with van der Waals surface area (Å²) >= 11 is 0. The van der Waals surface area contributed by atoms with E-state index in [0.717, 1.165) is 12.2 Å². The second kappa shape index (κ2) is 7.65. The molecule has 2 rings (SSSR count). The molecule has 0 radical (unpaired) electrons. The number of hydrogen-bond acceptors (Lipinski definition) is 5. The van der Waals surface area contributed by atoms with Gasteiger partial charge in [-0.3, -0.25) is 0 Å². The molecule has 1 unspecified atom stereocenters. The van der Waals surface area contributed by atoms with Crippen molar-refractivity contribution >= 4 is 0 Å². The lowest BCUT2D eigenvalue weighted by molar-refractivity contribution is 0.312. The Morgan fingerprint density at radius 2 is 2.10 bits per heavy atom. The highest BCUT2D eigenvalue weighted by atomic mass is 16.5. The smallest absolute Gasteiger partial charge is 0.240 e. The zero-order valence-electron chi connectivity index (χ0n) is 12.0. The Morgan fingerprint density at radius 3 is 2.85 bits per heavy atom. The molecule has 20 heavy (non-hydrogen) atoms. The molecule has 0 aliphatic carbocycles. The highest BCUT2D eigenvalue weighted by Gasteiger charge is 2.07. The average molecular weight is 275 g/mol. The summed E-state index contributed by atoms with van der Waals surface area (Å²) in [7, 11) is 0. The molecule has 0 amide bonds. The van der Waals surface area contributed by atoms with Gasteiger partial charge in [0.05, 0.1) is 13.2 Å². The van der Waals surface area contributed by atoms with Crippen molar-refractivity contribution in [2.24, 2.45) is 0 Å². The third-order valence-electron chi connectivity index (χ3n) is 3.06. The van der Waals surface area contributed by atoms with E-state index >= 15 is 0 Å². The standard InChI is InChI=1S/C15H21N3O2/c1-3-12(2)16-11-15-17-14(18-20-15)9-10-19-13-7-5-4-6-8-13/h4-8,12,16H,3,9-11H2,1-2H3. The Balaban J connectivity index is 1.73. The third kappa shape index (κ3) is 4.66. The second-order valence-corrected chi connectivity index (χ2v) is 4.71. The molecule has 1 atom stereocenters. The van der Waals surface area contributed by atoms with Crippen LogP contribution < -0.4 is 10.1 Å². The van der Waals surface area contributed by atoms with Crippen LogP contribution in [0.2, 0.25) is 0 Å². The largest absolute Gasteiger partial charge is 0.493 e. The van der Waals surface area contributed by atoms with Gasteiger partial charge in [0.1, 0.15) is 5.75 Å². The van der Waals surface area contributed by atoms with Crippen molar-refractivity contribution in [3.05, 3.63) is 42.0 Å². The minimum Gasteiger partial charge on any atom is -0.493 e. The van der Waals surface area contributed by atoms with E-state index in [0.29, 0.717) is 37.3 Å². The molecule has 0 bridgehead atoms. The van der Waals surface area contributed by atoms with E-state index < -0.39 is 0 Å². The number of nitrogens with zero attached hydrogens (tertiary/aromatic N) is 2. The van der Waals surface area contributed by atoms with Gasteiger partial charge >= 0.3 is 0 Å². The predicted octanol–water partition coefficient (Wildman–Crippen LogP) is 2.58. The lowest BCUT2D eigenvalue weighted by atomic mass is 10.3. The summed E-state index contributed by atoms with van der Waals surface area (Å²) in [6.45, 7) is 5.42. The molecule has 108 valence electrons. The van der Waals surface area contributed by atoms with Gasteiger partial charge in [-0.15, -0.1) is 0 Å². The van der Waals surface area contributed by atoms with Crippen LogP contribution in [0.15, 0.2) is 34.9 Å². The van der Waals surface area contributed by atoms with E-state index in [1.165, 1.54) is 0 Å². The average Bonchev–Trinajstić information content (AvgIpc) is 2.94. The maximum absolute atomic E-state index is 5.60. The van der Waals surface area contributed by atoms with E-state index in [2.05, 4.69) is 29.3 Å². The number of aromatic nitrogens is 2. The lowest BCUT2D eigenvalue weighted by Gasteiger charge is -2.07. The Hall–Kier alpha value is -1.88. The Kier molecular flexibility index (Phi) is 5.55. The van der Waals surface area contributed by atoms with Crippen LogP contribution in [0, 0.1) is 0 Å². The Morgan fingerprint density at radius 1 is 1.30 bits per heavy atom. The summed E-state index contributed by atoms with van der Waals surface area (Å²) in [5, 5.41) is 7.26. The highest BCUT2D eigenvalue weighted by Crippen LogP contribution is 2.08.